The van der Waals surface area contributed by atoms with Crippen LogP contribution in [0.15, 0.2) is 66.7 Å². The number of likely N-dealkylation sites (N-methyl/N-ethyl adjacent to an activating group) is 1. The maximum atomic E-state index is 13.2. The summed E-state index contributed by atoms with van der Waals surface area (Å²) in [5, 5.41) is 6.67. The highest BCUT2D eigenvalue weighted by atomic mass is 35.5. The molecule has 0 spiro atoms. The van der Waals surface area contributed by atoms with Crippen LogP contribution in [0.4, 0.5) is 16.2 Å². The van der Waals surface area contributed by atoms with Gasteiger partial charge in [-0.1, -0.05) is 80.9 Å². The topological polar surface area (TPSA) is 92.4 Å². The second-order valence-electron chi connectivity index (χ2n) is 14.6. The molecule has 3 heterocycles. The Morgan fingerprint density at radius 3 is 2.34 bits per heavy atom. The van der Waals surface area contributed by atoms with E-state index in [-0.39, 0.29) is 35.7 Å². The van der Waals surface area contributed by atoms with E-state index in [2.05, 4.69) is 56.4 Å². The van der Waals surface area contributed by atoms with Gasteiger partial charge in [-0.2, -0.15) is 0 Å². The maximum absolute atomic E-state index is 13.2. The number of nitrogens with one attached hydrogen (secondary N) is 2. The summed E-state index contributed by atoms with van der Waals surface area (Å²) in [6.07, 6.45) is 2.28. The van der Waals surface area contributed by atoms with Crippen molar-refractivity contribution in [3.8, 4) is 11.1 Å². The molecule has 3 aliphatic rings. The third-order valence-electron chi connectivity index (χ3n) is 10.4. The molecule has 0 aromatic heterocycles. The van der Waals surface area contributed by atoms with Gasteiger partial charge in [0.15, 0.2) is 8.32 Å². The van der Waals surface area contributed by atoms with Crippen molar-refractivity contribution in [2.24, 2.45) is 0 Å². The molecule has 3 aromatic carbocycles. The fraction of sp³-hybridized carbons (Fsp3) is 0.459. The van der Waals surface area contributed by atoms with Crippen LogP contribution in [0.2, 0.25) is 23.2 Å². The predicted octanol–water partition coefficient (Wildman–Crippen LogP) is 8.26. The Kier molecular flexibility index (Phi) is 9.57. The molecule has 0 radical (unpaired) electrons. The average molecular weight is 676 g/mol. The molecule has 3 saturated heterocycles. The molecule has 10 heteroatoms. The molecule has 47 heavy (non-hydrogen) atoms. The van der Waals surface area contributed by atoms with E-state index in [1.165, 1.54) is 0 Å². The Morgan fingerprint density at radius 2 is 1.68 bits per heavy atom. The normalized spacial score (nSPS) is 23.6. The number of hydrogen-bond acceptors (Lipinski definition) is 6. The van der Waals surface area contributed by atoms with Gasteiger partial charge in [0.25, 0.3) is 0 Å². The maximum Gasteiger partial charge on any atom is 0.411 e. The molecule has 3 aliphatic heterocycles. The van der Waals surface area contributed by atoms with E-state index >= 15 is 0 Å². The first-order valence-electron chi connectivity index (χ1n) is 16.5. The smallest absolute Gasteiger partial charge is 0.411 e. The van der Waals surface area contributed by atoms with E-state index in [0.29, 0.717) is 41.5 Å². The lowest BCUT2D eigenvalue weighted by Gasteiger charge is -2.37. The van der Waals surface area contributed by atoms with Crippen LogP contribution in [0, 0.1) is 0 Å². The van der Waals surface area contributed by atoms with Gasteiger partial charge in [-0.05, 0) is 66.5 Å². The first kappa shape index (κ1) is 33.7. The zero-order valence-electron chi connectivity index (χ0n) is 28.1. The number of amides is 2. The number of fused-ring (bicyclic) bond motifs is 5. The number of rotatable bonds is 10. The van der Waals surface area contributed by atoms with E-state index in [1.54, 1.807) is 6.07 Å². The SMILES string of the molecule is CN1[C@@H]2CC(OC(=O)Nc3cc(CCC(=O)Nc4ccc(CO[Si](C)(C)C(C)(C)C)c(Cl)c4)ccc3-c3ccccc3)C[C@H]1[C@@H]1O[C@@H]12. The number of piperidine rings is 1. The second-order valence-corrected chi connectivity index (χ2v) is 19.9. The van der Waals surface area contributed by atoms with Crippen molar-refractivity contribution >= 4 is 43.3 Å². The molecule has 2 N–H and O–H groups in total. The molecule has 3 fully saturated rings. The number of epoxide rings is 1. The van der Waals surface area contributed by atoms with Gasteiger partial charge >= 0.3 is 6.09 Å². The number of hydrogen-bond donors (Lipinski definition) is 2. The third-order valence-corrected chi connectivity index (χ3v) is 15.3. The molecule has 250 valence electrons. The van der Waals surface area contributed by atoms with Crippen LogP contribution in [0.25, 0.3) is 11.1 Å². The predicted molar refractivity (Wildman–Crippen MR) is 189 cm³/mol. The zero-order chi connectivity index (χ0) is 33.5. The number of nitrogens with zero attached hydrogens (tertiary/aromatic N) is 1. The Bertz CT molecular complexity index is 1610. The highest BCUT2D eigenvalue weighted by molar-refractivity contribution is 6.74. The quantitative estimate of drug-likeness (QED) is 0.166. The molecule has 6 rings (SSSR count). The number of carbonyl (C=O) groups is 2. The number of ether oxygens (including phenoxy) is 2. The zero-order valence-corrected chi connectivity index (χ0v) is 29.9. The summed E-state index contributed by atoms with van der Waals surface area (Å²) in [5.74, 6) is -0.119. The van der Waals surface area contributed by atoms with E-state index in [4.69, 9.17) is 25.5 Å². The van der Waals surface area contributed by atoms with Crippen molar-refractivity contribution in [1.29, 1.82) is 0 Å². The van der Waals surface area contributed by atoms with Crippen LogP contribution >= 0.6 is 11.6 Å². The summed E-state index contributed by atoms with van der Waals surface area (Å²) in [7, 11) is 0.225. The van der Waals surface area contributed by atoms with Gasteiger partial charge in [0.05, 0.1) is 12.3 Å². The molecular formula is C37H46ClN3O5Si. The van der Waals surface area contributed by atoms with Crippen molar-refractivity contribution in [2.75, 3.05) is 17.7 Å². The van der Waals surface area contributed by atoms with Crippen molar-refractivity contribution in [3.63, 3.8) is 0 Å². The van der Waals surface area contributed by atoms with Gasteiger partial charge in [0.1, 0.15) is 18.3 Å². The van der Waals surface area contributed by atoms with Gasteiger partial charge in [-0.3, -0.25) is 15.0 Å². The van der Waals surface area contributed by atoms with E-state index < -0.39 is 14.4 Å². The number of aryl methyl sites for hydroxylation is 1. The molecule has 2 bridgehead atoms. The monoisotopic (exact) mass is 675 g/mol. The van der Waals surface area contributed by atoms with E-state index in [1.807, 2.05) is 60.7 Å². The number of carbonyl (C=O) groups excluding carboxylic acids is 2. The summed E-state index contributed by atoms with van der Waals surface area (Å²) < 4.78 is 18.1. The van der Waals surface area contributed by atoms with Crippen molar-refractivity contribution in [1.82, 2.24) is 4.90 Å². The van der Waals surface area contributed by atoms with Crippen LogP contribution in [-0.2, 0) is 31.7 Å². The highest BCUT2D eigenvalue weighted by Crippen LogP contribution is 2.48. The molecule has 8 nitrogen and oxygen atoms in total. The van der Waals surface area contributed by atoms with E-state index in [9.17, 15) is 9.59 Å². The van der Waals surface area contributed by atoms with E-state index in [0.717, 1.165) is 35.1 Å². The second kappa shape index (κ2) is 13.4. The third kappa shape index (κ3) is 7.60. The lowest BCUT2D eigenvalue weighted by atomic mass is 9.99. The molecule has 0 saturated carbocycles. The first-order valence-corrected chi connectivity index (χ1v) is 19.8. The van der Waals surface area contributed by atoms with Crippen molar-refractivity contribution < 1.29 is 23.5 Å². The van der Waals surface area contributed by atoms with Crippen molar-refractivity contribution in [3.05, 3.63) is 82.9 Å². The Hall–Kier alpha value is -3.21. The van der Waals surface area contributed by atoms with Gasteiger partial charge in [0, 0.05) is 47.6 Å². The van der Waals surface area contributed by atoms with Crippen molar-refractivity contribution in [2.45, 2.75) is 102 Å². The van der Waals surface area contributed by atoms with Gasteiger partial charge in [-0.25, -0.2) is 4.79 Å². The van der Waals surface area contributed by atoms with Gasteiger partial charge < -0.3 is 19.2 Å². The molecule has 1 unspecified atom stereocenters. The molecular weight excluding hydrogens is 630 g/mol. The minimum Gasteiger partial charge on any atom is -0.446 e. The highest BCUT2D eigenvalue weighted by Gasteiger charge is 2.62. The number of anilines is 2. The molecule has 0 aliphatic carbocycles. The van der Waals surface area contributed by atoms with Crippen LogP contribution in [0.1, 0.15) is 51.2 Å². The minimum absolute atomic E-state index is 0.109. The van der Waals surface area contributed by atoms with Crippen LogP contribution in [-0.4, -0.2) is 62.7 Å². The molecule has 2 amide bonds. The number of benzene rings is 3. The molecule has 5 atom stereocenters. The molecule has 3 aromatic rings. The summed E-state index contributed by atoms with van der Waals surface area (Å²) in [6, 6.07) is 22.0. The standard InChI is InChI=1S/C37H46ClN3O5Si/c1-37(2,3)47(5,6)44-22-25-14-15-26(19-29(25)38)39-33(42)17-13-23-12-16-28(24-10-8-7-9-11-24)30(18-23)40-36(43)45-27-20-31-34-35(46-34)32(21-27)41(31)4/h7-12,14-16,18-19,27,31-32,34-35H,13,17,20-22H2,1-6H3,(H,39,42)(H,40,43)/t27?,31-,32+,34-,35+. The summed E-state index contributed by atoms with van der Waals surface area (Å²) in [4.78, 5) is 28.5. The number of halogens is 1. The largest absolute Gasteiger partial charge is 0.446 e. The lowest BCUT2D eigenvalue weighted by Crippen LogP contribution is -2.48. The number of morpholine rings is 1. The Balaban J connectivity index is 1.07. The minimum atomic E-state index is -1.91. The van der Waals surface area contributed by atoms with Crippen LogP contribution < -0.4 is 10.6 Å². The van der Waals surface area contributed by atoms with Crippen LogP contribution in [0.5, 0.6) is 0 Å². The van der Waals surface area contributed by atoms with Gasteiger partial charge in [0.2, 0.25) is 5.91 Å². The fourth-order valence-corrected chi connectivity index (χ4v) is 7.69. The Labute approximate surface area is 284 Å². The summed E-state index contributed by atoms with van der Waals surface area (Å²) in [6.45, 7) is 11.5. The lowest BCUT2D eigenvalue weighted by molar-refractivity contribution is -0.116. The summed E-state index contributed by atoms with van der Waals surface area (Å²) in [5.41, 5.74) is 5.01. The van der Waals surface area contributed by atoms with Crippen LogP contribution in [0.3, 0.4) is 0 Å². The average Bonchev–Trinajstić information content (AvgIpc) is 3.78. The van der Waals surface area contributed by atoms with Gasteiger partial charge in [-0.15, -0.1) is 0 Å². The summed E-state index contributed by atoms with van der Waals surface area (Å²) >= 11 is 6.58. The first-order chi connectivity index (χ1) is 22.3. The Morgan fingerprint density at radius 1 is 0.979 bits per heavy atom. The fourth-order valence-electron chi connectivity index (χ4n) is 6.51.